The molecule has 3 saturated carbocycles. The number of amides is 1. The number of carbonyl (C=O) groups is 3. The van der Waals surface area contributed by atoms with Gasteiger partial charge in [-0.25, -0.2) is 0 Å². The van der Waals surface area contributed by atoms with E-state index in [4.69, 9.17) is 9.94 Å². The molecule has 4 aliphatic rings. The Hall–Kier alpha value is -2.22. The standard InChI is InChI=1S/C26H38N2O6/c1-15(23(31)32)27-22(30)14-34-28-18-7-10-24(3)17(13-18)5-6-19-20(24)8-11-25(4)21(19)9-12-26(25,33)16(2)29/h13,15,19-21,33H,5-12,14H2,1-4H3,(H,27,30)(H,31,32)/b28-18+/t15-,19-,20+,21+,24+,25+,26+/m1/s1. The van der Waals surface area contributed by atoms with E-state index >= 15 is 0 Å². The third kappa shape index (κ3) is 3.88. The zero-order valence-electron chi connectivity index (χ0n) is 20.7. The maximum atomic E-state index is 12.4. The van der Waals surface area contributed by atoms with Gasteiger partial charge in [0.15, 0.2) is 12.4 Å². The summed E-state index contributed by atoms with van der Waals surface area (Å²) in [5, 5.41) is 26.7. The minimum Gasteiger partial charge on any atom is -0.480 e. The molecule has 3 fully saturated rings. The zero-order chi connectivity index (χ0) is 24.9. The van der Waals surface area contributed by atoms with E-state index in [1.807, 2.05) is 0 Å². The molecule has 0 aromatic rings. The summed E-state index contributed by atoms with van der Waals surface area (Å²) < 4.78 is 0. The number of fused-ring (bicyclic) bond motifs is 5. The number of nitrogens with one attached hydrogen (secondary N) is 1. The molecule has 0 unspecified atom stereocenters. The summed E-state index contributed by atoms with van der Waals surface area (Å²) >= 11 is 0. The van der Waals surface area contributed by atoms with Gasteiger partial charge in [-0.2, -0.15) is 0 Å². The number of hydrogen-bond donors (Lipinski definition) is 3. The molecule has 0 heterocycles. The summed E-state index contributed by atoms with van der Waals surface area (Å²) in [6, 6.07) is -0.972. The summed E-state index contributed by atoms with van der Waals surface area (Å²) in [6.45, 7) is 7.14. The molecule has 0 spiro atoms. The molecule has 0 saturated heterocycles. The van der Waals surface area contributed by atoms with Crippen LogP contribution in [-0.2, 0) is 19.2 Å². The third-order valence-electron chi connectivity index (χ3n) is 9.84. The SMILES string of the molecule is CC(=O)[C@@]1(O)CC[C@H]2[C@@H]3CCC4=C/C(=N/OCC(=O)N[C@H](C)C(=O)O)CC[C@]4(C)[C@H]3CC[C@@]21C. The average Bonchev–Trinajstić information content (AvgIpc) is 3.06. The quantitative estimate of drug-likeness (QED) is 0.508. The van der Waals surface area contributed by atoms with Crippen LogP contribution in [0.1, 0.15) is 79.1 Å². The van der Waals surface area contributed by atoms with E-state index in [0.29, 0.717) is 24.2 Å². The number of rotatable bonds is 6. The van der Waals surface area contributed by atoms with Crippen LogP contribution in [0.15, 0.2) is 16.8 Å². The van der Waals surface area contributed by atoms with E-state index in [0.717, 1.165) is 50.7 Å². The van der Waals surface area contributed by atoms with Gasteiger partial charge in [-0.1, -0.05) is 24.6 Å². The highest BCUT2D eigenvalue weighted by Gasteiger charge is 2.65. The van der Waals surface area contributed by atoms with Gasteiger partial charge >= 0.3 is 5.97 Å². The maximum Gasteiger partial charge on any atom is 0.325 e. The fourth-order valence-corrected chi connectivity index (χ4v) is 7.76. The molecule has 8 heteroatoms. The van der Waals surface area contributed by atoms with E-state index < -0.39 is 23.5 Å². The number of oxime groups is 1. The maximum absolute atomic E-state index is 12.4. The summed E-state index contributed by atoms with van der Waals surface area (Å²) in [5.74, 6) is -0.264. The van der Waals surface area contributed by atoms with Crippen LogP contribution in [0.5, 0.6) is 0 Å². The molecule has 8 nitrogen and oxygen atoms in total. The van der Waals surface area contributed by atoms with Crippen molar-refractivity contribution in [2.75, 3.05) is 6.61 Å². The number of carbonyl (C=O) groups excluding carboxylic acids is 2. The third-order valence-corrected chi connectivity index (χ3v) is 9.84. The van der Waals surface area contributed by atoms with Gasteiger partial charge in [-0.3, -0.25) is 14.4 Å². The van der Waals surface area contributed by atoms with E-state index in [1.165, 1.54) is 12.5 Å². The zero-order valence-corrected chi connectivity index (χ0v) is 20.7. The Bertz CT molecular complexity index is 944. The molecule has 34 heavy (non-hydrogen) atoms. The second-order valence-corrected chi connectivity index (χ2v) is 11.4. The molecule has 7 atom stereocenters. The van der Waals surface area contributed by atoms with Gasteiger partial charge in [0.25, 0.3) is 5.91 Å². The van der Waals surface area contributed by atoms with Crippen molar-refractivity contribution in [2.45, 2.75) is 90.7 Å². The minimum atomic E-state index is -1.18. The number of aliphatic hydroxyl groups is 1. The van der Waals surface area contributed by atoms with Crippen LogP contribution >= 0.6 is 0 Å². The molecule has 4 aliphatic carbocycles. The topological polar surface area (TPSA) is 125 Å². The van der Waals surface area contributed by atoms with Crippen molar-refractivity contribution in [3.05, 3.63) is 11.6 Å². The molecule has 0 aliphatic heterocycles. The van der Waals surface area contributed by atoms with Crippen LogP contribution in [0.4, 0.5) is 0 Å². The Labute approximate surface area is 201 Å². The van der Waals surface area contributed by atoms with Crippen molar-refractivity contribution in [3.63, 3.8) is 0 Å². The fraction of sp³-hybridized carbons (Fsp3) is 0.769. The fourth-order valence-electron chi connectivity index (χ4n) is 7.76. The van der Waals surface area contributed by atoms with Crippen LogP contribution in [0, 0.1) is 28.6 Å². The highest BCUT2D eigenvalue weighted by Crippen LogP contribution is 2.67. The first kappa shape index (κ1) is 24.9. The van der Waals surface area contributed by atoms with Crippen LogP contribution in [-0.4, -0.2) is 51.8 Å². The van der Waals surface area contributed by atoms with Gasteiger partial charge in [0.1, 0.15) is 11.6 Å². The lowest BCUT2D eigenvalue weighted by molar-refractivity contribution is -0.159. The second kappa shape index (κ2) is 8.77. The summed E-state index contributed by atoms with van der Waals surface area (Å²) in [6.07, 6.45) is 9.29. The Kier molecular flexibility index (Phi) is 6.42. The molecule has 188 valence electrons. The monoisotopic (exact) mass is 474 g/mol. The smallest absolute Gasteiger partial charge is 0.325 e. The molecule has 0 aromatic carbocycles. The average molecular weight is 475 g/mol. The summed E-state index contributed by atoms with van der Waals surface area (Å²) in [5.41, 5.74) is 0.768. The first-order chi connectivity index (χ1) is 15.9. The van der Waals surface area contributed by atoms with Crippen molar-refractivity contribution in [2.24, 2.45) is 33.7 Å². The number of carboxylic acids is 1. The van der Waals surface area contributed by atoms with Crippen molar-refractivity contribution >= 4 is 23.4 Å². The number of ketones is 1. The van der Waals surface area contributed by atoms with Gasteiger partial charge in [0.05, 0.1) is 5.71 Å². The van der Waals surface area contributed by atoms with Gasteiger partial charge in [-0.15, -0.1) is 0 Å². The number of Topliss-reactive ketones (excluding diaryl/α,β-unsaturated/α-hetero) is 1. The largest absolute Gasteiger partial charge is 0.480 e. The Balaban J connectivity index is 1.44. The van der Waals surface area contributed by atoms with E-state index in [2.05, 4.69) is 30.4 Å². The molecule has 4 rings (SSSR count). The second-order valence-electron chi connectivity index (χ2n) is 11.4. The normalized spacial score (nSPS) is 40.9. The molecular formula is C26H38N2O6. The predicted octanol–water partition coefficient (Wildman–Crippen LogP) is 3.23. The molecule has 3 N–H and O–H groups in total. The van der Waals surface area contributed by atoms with Gasteiger partial charge in [0, 0.05) is 5.41 Å². The first-order valence-corrected chi connectivity index (χ1v) is 12.6. The van der Waals surface area contributed by atoms with Crippen LogP contribution in [0.2, 0.25) is 0 Å². The summed E-state index contributed by atoms with van der Waals surface area (Å²) in [4.78, 5) is 40.3. The van der Waals surface area contributed by atoms with Gasteiger partial charge < -0.3 is 20.4 Å². The van der Waals surface area contributed by atoms with Gasteiger partial charge in [0.2, 0.25) is 0 Å². The van der Waals surface area contributed by atoms with Crippen LogP contribution in [0.25, 0.3) is 0 Å². The highest BCUT2D eigenvalue weighted by molar-refractivity contribution is 5.96. The first-order valence-electron chi connectivity index (χ1n) is 12.6. The lowest BCUT2D eigenvalue weighted by Crippen LogP contribution is -2.57. The minimum absolute atomic E-state index is 0.0779. The predicted molar refractivity (Wildman–Crippen MR) is 126 cm³/mol. The lowest BCUT2D eigenvalue weighted by atomic mass is 9.46. The van der Waals surface area contributed by atoms with Gasteiger partial charge in [-0.05, 0) is 94.5 Å². The number of hydrogen-bond acceptors (Lipinski definition) is 6. The molecular weight excluding hydrogens is 436 g/mol. The molecule has 0 radical (unpaired) electrons. The van der Waals surface area contributed by atoms with E-state index in [-0.39, 0.29) is 23.2 Å². The lowest BCUT2D eigenvalue weighted by Gasteiger charge is -2.59. The van der Waals surface area contributed by atoms with Crippen molar-refractivity contribution in [1.82, 2.24) is 5.32 Å². The van der Waals surface area contributed by atoms with E-state index in [9.17, 15) is 19.5 Å². The Morgan fingerprint density at radius 2 is 1.85 bits per heavy atom. The van der Waals surface area contributed by atoms with Crippen molar-refractivity contribution in [1.29, 1.82) is 0 Å². The Morgan fingerprint density at radius 1 is 1.15 bits per heavy atom. The van der Waals surface area contributed by atoms with Crippen LogP contribution in [0.3, 0.4) is 0 Å². The van der Waals surface area contributed by atoms with E-state index in [1.54, 1.807) is 6.92 Å². The number of allylic oxidation sites excluding steroid dienone is 2. The summed E-state index contributed by atoms with van der Waals surface area (Å²) in [7, 11) is 0. The Morgan fingerprint density at radius 3 is 2.53 bits per heavy atom. The van der Waals surface area contributed by atoms with Crippen molar-refractivity contribution in [3.8, 4) is 0 Å². The van der Waals surface area contributed by atoms with Crippen LogP contribution < -0.4 is 5.32 Å². The molecule has 1 amide bonds. The number of nitrogens with zero attached hydrogens (tertiary/aromatic N) is 1. The van der Waals surface area contributed by atoms with Crippen molar-refractivity contribution < 1.29 is 29.4 Å². The number of carboxylic acid groups (broad SMARTS) is 1. The highest BCUT2D eigenvalue weighted by atomic mass is 16.6. The molecule has 0 aromatic heterocycles. The number of aliphatic carboxylic acids is 1. The molecule has 0 bridgehead atoms.